The smallest absolute Gasteiger partial charge is 0.0158 e. The van der Waals surface area contributed by atoms with E-state index in [0.717, 1.165) is 4.90 Å². The predicted octanol–water partition coefficient (Wildman–Crippen LogP) is 4.78. The van der Waals surface area contributed by atoms with Crippen LogP contribution in [0.15, 0.2) is 53.5 Å². The fourth-order valence-electron chi connectivity index (χ4n) is 2.61. The van der Waals surface area contributed by atoms with E-state index in [4.69, 9.17) is 0 Å². The number of fused-ring (bicyclic) bond motifs is 1. The molecule has 17 heavy (non-hydrogen) atoms. The van der Waals surface area contributed by atoms with Gasteiger partial charge in [-0.2, -0.15) is 0 Å². The van der Waals surface area contributed by atoms with Crippen LogP contribution in [0.5, 0.6) is 0 Å². The van der Waals surface area contributed by atoms with Crippen LogP contribution in [0.1, 0.15) is 31.9 Å². The Labute approximate surface area is 109 Å². The van der Waals surface area contributed by atoms with Gasteiger partial charge in [0.1, 0.15) is 0 Å². The van der Waals surface area contributed by atoms with Crippen molar-refractivity contribution in [2.24, 2.45) is 0 Å². The summed E-state index contributed by atoms with van der Waals surface area (Å²) in [5, 5.41) is 0. The lowest BCUT2D eigenvalue weighted by atomic mass is 9.81. The molecule has 0 nitrogen and oxygen atoms in total. The van der Waals surface area contributed by atoms with Gasteiger partial charge in [-0.25, -0.2) is 0 Å². The normalized spacial score (nSPS) is 17.6. The Morgan fingerprint density at radius 2 is 2.00 bits per heavy atom. The fraction of sp³-hybridized carbons (Fsp3) is 0.250. The second kappa shape index (κ2) is 4.23. The van der Waals surface area contributed by atoms with Gasteiger partial charge in [-0.05, 0) is 41.3 Å². The molecule has 0 radical (unpaired) electrons. The van der Waals surface area contributed by atoms with Crippen LogP contribution in [0, 0.1) is 0 Å². The SMILES string of the molecule is C=CC1=C(/C=C\C)C(C)(C)c2ccc(S)cc21. The Morgan fingerprint density at radius 1 is 1.29 bits per heavy atom. The number of hydrogen-bond donors (Lipinski definition) is 1. The summed E-state index contributed by atoms with van der Waals surface area (Å²) in [6, 6.07) is 6.37. The van der Waals surface area contributed by atoms with Crippen LogP contribution in [-0.2, 0) is 5.41 Å². The second-order valence-corrected chi connectivity index (χ2v) is 5.40. The molecule has 88 valence electrons. The van der Waals surface area contributed by atoms with Gasteiger partial charge in [-0.3, -0.25) is 0 Å². The molecular weight excluding hydrogens is 224 g/mol. The zero-order chi connectivity index (χ0) is 12.6. The number of benzene rings is 1. The quantitative estimate of drug-likeness (QED) is 0.709. The minimum atomic E-state index is 0.0485. The third-order valence-corrected chi connectivity index (χ3v) is 3.75. The lowest BCUT2D eigenvalue weighted by Crippen LogP contribution is -2.16. The van der Waals surface area contributed by atoms with Crippen molar-refractivity contribution in [3.63, 3.8) is 0 Å². The molecule has 0 bridgehead atoms. The highest BCUT2D eigenvalue weighted by atomic mass is 32.1. The molecule has 1 aliphatic carbocycles. The minimum absolute atomic E-state index is 0.0485. The van der Waals surface area contributed by atoms with Crippen molar-refractivity contribution in [1.82, 2.24) is 0 Å². The van der Waals surface area contributed by atoms with E-state index >= 15 is 0 Å². The molecule has 1 aliphatic rings. The first-order valence-corrected chi connectivity index (χ1v) is 6.31. The molecule has 1 aromatic rings. The Balaban J connectivity index is 2.76. The van der Waals surface area contributed by atoms with E-state index < -0.39 is 0 Å². The van der Waals surface area contributed by atoms with E-state index in [2.05, 4.69) is 70.3 Å². The third-order valence-electron chi connectivity index (χ3n) is 3.47. The van der Waals surface area contributed by atoms with Crippen LogP contribution < -0.4 is 0 Å². The first-order valence-electron chi connectivity index (χ1n) is 5.86. The molecule has 0 saturated carbocycles. The summed E-state index contributed by atoms with van der Waals surface area (Å²) in [5.41, 5.74) is 5.25. The van der Waals surface area contributed by atoms with Crippen LogP contribution >= 0.6 is 12.6 Å². The summed E-state index contributed by atoms with van der Waals surface area (Å²) in [6.45, 7) is 10.5. The largest absolute Gasteiger partial charge is 0.143 e. The van der Waals surface area contributed by atoms with Crippen molar-refractivity contribution in [1.29, 1.82) is 0 Å². The summed E-state index contributed by atoms with van der Waals surface area (Å²) in [5.74, 6) is 0. The summed E-state index contributed by atoms with van der Waals surface area (Å²) in [7, 11) is 0. The van der Waals surface area contributed by atoms with Crippen molar-refractivity contribution < 1.29 is 0 Å². The highest BCUT2D eigenvalue weighted by Gasteiger charge is 2.35. The van der Waals surface area contributed by atoms with Gasteiger partial charge in [0, 0.05) is 10.3 Å². The Hall–Kier alpha value is -1.21. The zero-order valence-electron chi connectivity index (χ0n) is 10.6. The predicted molar refractivity (Wildman–Crippen MR) is 78.7 cm³/mol. The maximum Gasteiger partial charge on any atom is 0.0158 e. The molecule has 0 spiro atoms. The van der Waals surface area contributed by atoms with Gasteiger partial charge >= 0.3 is 0 Å². The van der Waals surface area contributed by atoms with E-state index in [1.165, 1.54) is 22.3 Å². The maximum atomic E-state index is 4.43. The van der Waals surface area contributed by atoms with Crippen molar-refractivity contribution in [3.8, 4) is 0 Å². The first-order chi connectivity index (χ1) is 8.02. The second-order valence-electron chi connectivity index (χ2n) is 4.89. The van der Waals surface area contributed by atoms with Crippen LogP contribution in [-0.4, -0.2) is 0 Å². The topological polar surface area (TPSA) is 0 Å². The molecule has 0 fully saturated rings. The van der Waals surface area contributed by atoms with E-state index in [-0.39, 0.29) is 5.41 Å². The number of allylic oxidation sites excluding steroid dienone is 5. The van der Waals surface area contributed by atoms with E-state index in [1.807, 2.05) is 6.08 Å². The van der Waals surface area contributed by atoms with E-state index in [9.17, 15) is 0 Å². The van der Waals surface area contributed by atoms with Gasteiger partial charge in [0.25, 0.3) is 0 Å². The Morgan fingerprint density at radius 3 is 2.59 bits per heavy atom. The minimum Gasteiger partial charge on any atom is -0.143 e. The van der Waals surface area contributed by atoms with Crippen LogP contribution in [0.2, 0.25) is 0 Å². The first kappa shape index (κ1) is 12.3. The summed E-state index contributed by atoms with van der Waals surface area (Å²) < 4.78 is 0. The molecular formula is C16H18S. The standard InChI is InChI=1S/C16H18S/c1-5-7-14-12(6-2)13-10-11(17)8-9-15(13)16(14,3)4/h5-10,17H,2H2,1,3-4H3/b7-5-. The van der Waals surface area contributed by atoms with Crippen LogP contribution in [0.4, 0.5) is 0 Å². The molecule has 0 amide bonds. The average Bonchev–Trinajstić information content (AvgIpc) is 2.48. The zero-order valence-corrected chi connectivity index (χ0v) is 11.5. The van der Waals surface area contributed by atoms with Gasteiger partial charge in [-0.15, -0.1) is 12.6 Å². The number of hydrogen-bond acceptors (Lipinski definition) is 1. The van der Waals surface area contributed by atoms with E-state index in [0.29, 0.717) is 0 Å². The highest BCUT2D eigenvalue weighted by molar-refractivity contribution is 7.80. The number of thiol groups is 1. The van der Waals surface area contributed by atoms with Gasteiger partial charge in [0.15, 0.2) is 0 Å². The van der Waals surface area contributed by atoms with Gasteiger partial charge in [-0.1, -0.05) is 44.7 Å². The average molecular weight is 242 g/mol. The lowest BCUT2D eigenvalue weighted by Gasteiger charge is -2.22. The van der Waals surface area contributed by atoms with Crippen LogP contribution in [0.25, 0.3) is 5.57 Å². The lowest BCUT2D eigenvalue weighted by molar-refractivity contribution is 0.653. The molecule has 0 aromatic heterocycles. The molecule has 0 saturated heterocycles. The van der Waals surface area contributed by atoms with Gasteiger partial charge < -0.3 is 0 Å². The maximum absolute atomic E-state index is 4.43. The monoisotopic (exact) mass is 242 g/mol. The molecule has 0 atom stereocenters. The molecule has 1 aromatic carbocycles. The number of rotatable bonds is 2. The van der Waals surface area contributed by atoms with Crippen molar-refractivity contribution in [2.45, 2.75) is 31.1 Å². The van der Waals surface area contributed by atoms with Gasteiger partial charge in [0.05, 0.1) is 0 Å². The van der Waals surface area contributed by atoms with Crippen molar-refractivity contribution >= 4 is 18.2 Å². The van der Waals surface area contributed by atoms with E-state index in [1.54, 1.807) is 0 Å². The Kier molecular flexibility index (Phi) is 3.05. The molecule has 0 unspecified atom stereocenters. The van der Waals surface area contributed by atoms with Gasteiger partial charge in [0.2, 0.25) is 0 Å². The molecule has 0 aliphatic heterocycles. The summed E-state index contributed by atoms with van der Waals surface area (Å²) in [4.78, 5) is 1.00. The van der Waals surface area contributed by atoms with Crippen molar-refractivity contribution in [2.75, 3.05) is 0 Å². The van der Waals surface area contributed by atoms with Crippen LogP contribution in [0.3, 0.4) is 0 Å². The molecule has 0 N–H and O–H groups in total. The Bertz CT molecular complexity index is 530. The third kappa shape index (κ3) is 1.79. The molecule has 2 rings (SSSR count). The molecule has 0 heterocycles. The summed E-state index contributed by atoms with van der Waals surface area (Å²) in [6.07, 6.45) is 6.24. The van der Waals surface area contributed by atoms with Crippen molar-refractivity contribution in [3.05, 3.63) is 59.7 Å². The highest BCUT2D eigenvalue weighted by Crippen LogP contribution is 2.47. The summed E-state index contributed by atoms with van der Waals surface area (Å²) >= 11 is 4.43. The fourth-order valence-corrected chi connectivity index (χ4v) is 2.82. The molecule has 1 heteroatoms.